The molecule has 4 rings (SSSR count). The molecule has 2 amide bonds. The highest BCUT2D eigenvalue weighted by Crippen LogP contribution is 2.36. The maximum Gasteiger partial charge on any atom is 0.242 e. The maximum atomic E-state index is 13.4. The molecule has 0 saturated carbocycles. The number of para-hydroxylation sites is 2. The van der Waals surface area contributed by atoms with Gasteiger partial charge < -0.3 is 24.3 Å². The Labute approximate surface area is 215 Å². The third kappa shape index (κ3) is 6.11. The summed E-state index contributed by atoms with van der Waals surface area (Å²) in [5.41, 5.74) is 1.12. The number of anilines is 1. The van der Waals surface area contributed by atoms with Crippen molar-refractivity contribution in [2.75, 3.05) is 39.3 Å². The molecule has 2 aliphatic rings. The zero-order chi connectivity index (χ0) is 25.5. The summed E-state index contributed by atoms with van der Waals surface area (Å²) in [5, 5.41) is 2.78. The molecule has 2 unspecified atom stereocenters. The molecule has 2 atom stereocenters. The van der Waals surface area contributed by atoms with Crippen molar-refractivity contribution in [3.63, 3.8) is 0 Å². The van der Waals surface area contributed by atoms with Gasteiger partial charge in [0, 0.05) is 19.1 Å². The highest BCUT2D eigenvalue weighted by atomic mass is 32.2. The average Bonchev–Trinajstić information content (AvgIpc) is 3.49. The van der Waals surface area contributed by atoms with E-state index < -0.39 is 5.25 Å². The Morgan fingerprint density at radius 3 is 2.75 bits per heavy atom. The third-order valence-corrected chi connectivity index (χ3v) is 7.04. The number of carbonyl (C=O) groups is 2. The van der Waals surface area contributed by atoms with E-state index in [9.17, 15) is 9.59 Å². The van der Waals surface area contributed by atoms with Gasteiger partial charge in [-0.25, -0.2) is 4.99 Å². The SMILES string of the molecule is CCOc1ccccc1N=C1SC(CC(=O)Nc2cc(OC)ccc2OC)C(=O)N1CC1CCCO1. The Morgan fingerprint density at radius 2 is 2.03 bits per heavy atom. The zero-order valence-electron chi connectivity index (χ0n) is 20.7. The Balaban J connectivity index is 1.54. The van der Waals surface area contributed by atoms with Gasteiger partial charge >= 0.3 is 0 Å². The topological polar surface area (TPSA) is 98.7 Å². The van der Waals surface area contributed by atoms with E-state index in [0.717, 1.165) is 12.8 Å². The van der Waals surface area contributed by atoms with E-state index in [-0.39, 0.29) is 24.3 Å². The predicted octanol–water partition coefficient (Wildman–Crippen LogP) is 4.24. The number of amidine groups is 1. The molecule has 0 bridgehead atoms. The molecule has 0 spiro atoms. The van der Waals surface area contributed by atoms with Crippen molar-refractivity contribution in [3.05, 3.63) is 42.5 Å². The second-order valence-electron chi connectivity index (χ2n) is 8.30. The van der Waals surface area contributed by atoms with Crippen LogP contribution in [0.5, 0.6) is 17.2 Å². The van der Waals surface area contributed by atoms with Crippen LogP contribution in [0.15, 0.2) is 47.5 Å². The molecular weight excluding hydrogens is 482 g/mol. The molecule has 2 aromatic rings. The molecule has 0 radical (unpaired) electrons. The van der Waals surface area contributed by atoms with E-state index in [1.165, 1.54) is 18.9 Å². The molecule has 2 saturated heterocycles. The normalized spacial score (nSPS) is 20.6. The lowest BCUT2D eigenvalue weighted by molar-refractivity contribution is -0.129. The molecule has 2 aromatic carbocycles. The van der Waals surface area contributed by atoms with Gasteiger partial charge in [0.2, 0.25) is 11.8 Å². The van der Waals surface area contributed by atoms with Crippen molar-refractivity contribution in [1.82, 2.24) is 4.90 Å². The summed E-state index contributed by atoms with van der Waals surface area (Å²) in [4.78, 5) is 32.8. The van der Waals surface area contributed by atoms with Crippen LogP contribution in [0.2, 0.25) is 0 Å². The first-order valence-electron chi connectivity index (χ1n) is 11.9. The van der Waals surface area contributed by atoms with Gasteiger partial charge in [-0.2, -0.15) is 0 Å². The number of benzene rings is 2. The third-order valence-electron chi connectivity index (χ3n) is 5.86. The molecule has 10 heteroatoms. The molecule has 2 heterocycles. The minimum absolute atomic E-state index is 0.0159. The van der Waals surface area contributed by atoms with E-state index in [1.807, 2.05) is 31.2 Å². The fourth-order valence-corrected chi connectivity index (χ4v) is 5.26. The van der Waals surface area contributed by atoms with E-state index in [4.69, 9.17) is 23.9 Å². The number of nitrogens with zero attached hydrogens (tertiary/aromatic N) is 2. The molecule has 1 N–H and O–H groups in total. The number of ether oxygens (including phenoxy) is 4. The summed E-state index contributed by atoms with van der Waals surface area (Å²) in [6.45, 7) is 3.51. The van der Waals surface area contributed by atoms with Gasteiger partial charge in [0.15, 0.2) is 5.17 Å². The standard InChI is InChI=1S/C26H31N3O6S/c1-4-34-22-10-6-5-9-19(22)28-26-29(16-18-8-7-13-35-18)25(31)23(36-26)15-24(30)27-20-14-17(32-2)11-12-21(20)33-3/h5-6,9-12,14,18,23H,4,7-8,13,15-16H2,1-3H3,(H,27,30). The number of hydrogen-bond donors (Lipinski definition) is 1. The van der Waals surface area contributed by atoms with Crippen LogP contribution in [0.4, 0.5) is 11.4 Å². The number of amides is 2. The number of nitrogens with one attached hydrogen (secondary N) is 1. The lowest BCUT2D eigenvalue weighted by Gasteiger charge is -2.20. The fraction of sp³-hybridized carbons (Fsp3) is 0.423. The summed E-state index contributed by atoms with van der Waals surface area (Å²) < 4.78 is 22.1. The number of carbonyl (C=O) groups excluding carboxylic acids is 2. The minimum Gasteiger partial charge on any atom is -0.497 e. The van der Waals surface area contributed by atoms with Gasteiger partial charge in [-0.05, 0) is 44.0 Å². The number of hydrogen-bond acceptors (Lipinski definition) is 8. The van der Waals surface area contributed by atoms with Crippen molar-refractivity contribution >= 4 is 40.1 Å². The van der Waals surface area contributed by atoms with Crippen LogP contribution in [0, 0.1) is 0 Å². The average molecular weight is 514 g/mol. The lowest BCUT2D eigenvalue weighted by Crippen LogP contribution is -2.38. The molecule has 9 nitrogen and oxygen atoms in total. The van der Waals surface area contributed by atoms with Crippen LogP contribution in [0.1, 0.15) is 26.2 Å². The second-order valence-corrected chi connectivity index (χ2v) is 9.47. The number of aliphatic imine (C=N–C) groups is 1. The van der Waals surface area contributed by atoms with Crippen LogP contribution in [-0.2, 0) is 14.3 Å². The zero-order valence-corrected chi connectivity index (χ0v) is 21.5. The van der Waals surface area contributed by atoms with Crippen LogP contribution in [0.25, 0.3) is 0 Å². The van der Waals surface area contributed by atoms with Crippen molar-refractivity contribution in [3.8, 4) is 17.2 Å². The quantitative estimate of drug-likeness (QED) is 0.507. The molecule has 0 aromatic heterocycles. The lowest BCUT2D eigenvalue weighted by atomic mass is 10.2. The molecular formula is C26H31N3O6S. The van der Waals surface area contributed by atoms with Gasteiger partial charge in [0.25, 0.3) is 0 Å². The van der Waals surface area contributed by atoms with Crippen molar-refractivity contribution < 1.29 is 28.5 Å². The molecule has 0 aliphatic carbocycles. The molecule has 192 valence electrons. The number of rotatable bonds is 10. The second kappa shape index (κ2) is 12.1. The van der Waals surface area contributed by atoms with Gasteiger partial charge in [0.1, 0.15) is 28.2 Å². The molecule has 2 fully saturated rings. The number of thioether (sulfide) groups is 1. The molecule has 2 aliphatic heterocycles. The molecule has 36 heavy (non-hydrogen) atoms. The Morgan fingerprint density at radius 1 is 1.19 bits per heavy atom. The number of methoxy groups -OCH3 is 2. The van der Waals surface area contributed by atoms with Crippen LogP contribution < -0.4 is 19.5 Å². The van der Waals surface area contributed by atoms with Crippen molar-refractivity contribution in [1.29, 1.82) is 0 Å². The van der Waals surface area contributed by atoms with Gasteiger partial charge in [0.05, 0.1) is 39.2 Å². The fourth-order valence-electron chi connectivity index (χ4n) is 4.10. The van der Waals surface area contributed by atoms with Crippen LogP contribution in [0.3, 0.4) is 0 Å². The summed E-state index contributed by atoms with van der Waals surface area (Å²) in [7, 11) is 3.08. The van der Waals surface area contributed by atoms with Gasteiger partial charge in [-0.1, -0.05) is 23.9 Å². The monoisotopic (exact) mass is 513 g/mol. The predicted molar refractivity (Wildman–Crippen MR) is 140 cm³/mol. The van der Waals surface area contributed by atoms with E-state index >= 15 is 0 Å². The first-order chi connectivity index (χ1) is 17.5. The Bertz CT molecular complexity index is 1120. The Kier molecular flexibility index (Phi) is 8.71. The van der Waals surface area contributed by atoms with Gasteiger partial charge in [-0.3, -0.25) is 14.5 Å². The maximum absolute atomic E-state index is 13.4. The summed E-state index contributed by atoms with van der Waals surface area (Å²) in [6, 6.07) is 12.6. The summed E-state index contributed by atoms with van der Waals surface area (Å²) in [6.07, 6.45) is 1.79. The highest BCUT2D eigenvalue weighted by Gasteiger charge is 2.41. The summed E-state index contributed by atoms with van der Waals surface area (Å²) in [5.74, 6) is 1.27. The smallest absolute Gasteiger partial charge is 0.242 e. The summed E-state index contributed by atoms with van der Waals surface area (Å²) >= 11 is 1.29. The first-order valence-corrected chi connectivity index (χ1v) is 12.8. The first kappa shape index (κ1) is 25.8. The van der Waals surface area contributed by atoms with E-state index in [0.29, 0.717) is 53.5 Å². The van der Waals surface area contributed by atoms with Crippen LogP contribution in [-0.4, -0.2) is 67.2 Å². The Hall–Kier alpha value is -3.24. The van der Waals surface area contributed by atoms with Crippen LogP contribution >= 0.6 is 11.8 Å². The largest absolute Gasteiger partial charge is 0.497 e. The minimum atomic E-state index is -0.610. The van der Waals surface area contributed by atoms with Crippen molar-refractivity contribution in [2.24, 2.45) is 4.99 Å². The van der Waals surface area contributed by atoms with Gasteiger partial charge in [-0.15, -0.1) is 0 Å². The highest BCUT2D eigenvalue weighted by molar-refractivity contribution is 8.15. The van der Waals surface area contributed by atoms with E-state index in [1.54, 1.807) is 30.2 Å². The van der Waals surface area contributed by atoms with Crippen molar-refractivity contribution in [2.45, 2.75) is 37.5 Å². The van der Waals surface area contributed by atoms with E-state index in [2.05, 4.69) is 5.32 Å².